The van der Waals surface area contributed by atoms with E-state index in [1.165, 1.54) is 5.56 Å². The maximum absolute atomic E-state index is 5.71. The smallest absolute Gasteiger partial charge is 0.123 e. The van der Waals surface area contributed by atoms with Gasteiger partial charge in [-0.05, 0) is 12.6 Å². The molecule has 0 aliphatic carbocycles. The summed E-state index contributed by atoms with van der Waals surface area (Å²) in [5, 5.41) is 3.30. The van der Waals surface area contributed by atoms with Crippen LogP contribution in [0.1, 0.15) is 12.5 Å². The number of hydrogen-bond acceptors (Lipinski definition) is 4. The standard InChI is InChI=1S/C14H23NO3/c1-3-15-12-13-6-4-5-7-14(13)18-11-10-17-9-8-16-2/h4-7,15H,3,8-12H2,1-2H3. The largest absolute Gasteiger partial charge is 0.491 e. The summed E-state index contributed by atoms with van der Waals surface area (Å²) in [6.45, 7) is 6.25. The van der Waals surface area contributed by atoms with Crippen LogP contribution in [0.15, 0.2) is 24.3 Å². The van der Waals surface area contributed by atoms with Crippen LogP contribution in [0, 0.1) is 0 Å². The fourth-order valence-electron chi connectivity index (χ4n) is 1.51. The minimum Gasteiger partial charge on any atom is -0.491 e. The second-order valence-corrected chi connectivity index (χ2v) is 3.84. The summed E-state index contributed by atoms with van der Waals surface area (Å²) in [6.07, 6.45) is 0. The third-order valence-electron chi connectivity index (χ3n) is 2.46. The van der Waals surface area contributed by atoms with Crippen molar-refractivity contribution in [1.29, 1.82) is 0 Å². The van der Waals surface area contributed by atoms with Gasteiger partial charge in [0.25, 0.3) is 0 Å². The molecule has 0 unspecified atom stereocenters. The predicted molar refractivity (Wildman–Crippen MR) is 72.0 cm³/mol. The summed E-state index contributed by atoms with van der Waals surface area (Å²) in [4.78, 5) is 0. The van der Waals surface area contributed by atoms with Gasteiger partial charge < -0.3 is 19.5 Å². The van der Waals surface area contributed by atoms with Crippen LogP contribution in [0.4, 0.5) is 0 Å². The average Bonchev–Trinajstić information content (AvgIpc) is 2.41. The Morgan fingerprint density at radius 3 is 2.61 bits per heavy atom. The van der Waals surface area contributed by atoms with E-state index in [-0.39, 0.29) is 0 Å². The Bertz CT molecular complexity index is 318. The number of rotatable bonds is 10. The van der Waals surface area contributed by atoms with E-state index in [0.29, 0.717) is 26.4 Å². The third kappa shape index (κ3) is 6.00. The van der Waals surface area contributed by atoms with Gasteiger partial charge in [-0.1, -0.05) is 25.1 Å². The van der Waals surface area contributed by atoms with Gasteiger partial charge in [0.2, 0.25) is 0 Å². The normalized spacial score (nSPS) is 10.6. The topological polar surface area (TPSA) is 39.7 Å². The number of benzene rings is 1. The maximum atomic E-state index is 5.71. The van der Waals surface area contributed by atoms with Gasteiger partial charge in [0.1, 0.15) is 12.4 Å². The molecule has 0 saturated carbocycles. The number of methoxy groups -OCH3 is 1. The minimum absolute atomic E-state index is 0.562. The lowest BCUT2D eigenvalue weighted by Crippen LogP contribution is -2.14. The molecule has 0 aliphatic heterocycles. The number of para-hydroxylation sites is 1. The first-order valence-electron chi connectivity index (χ1n) is 6.36. The van der Waals surface area contributed by atoms with E-state index in [1.807, 2.05) is 18.2 Å². The Hall–Kier alpha value is -1.10. The fraction of sp³-hybridized carbons (Fsp3) is 0.571. The van der Waals surface area contributed by atoms with E-state index in [2.05, 4.69) is 18.3 Å². The van der Waals surface area contributed by atoms with E-state index in [9.17, 15) is 0 Å². The van der Waals surface area contributed by atoms with Crippen LogP contribution in [-0.4, -0.2) is 40.1 Å². The summed E-state index contributed by atoms with van der Waals surface area (Å²) in [6, 6.07) is 8.07. The van der Waals surface area contributed by atoms with Crippen molar-refractivity contribution in [2.24, 2.45) is 0 Å². The number of hydrogen-bond donors (Lipinski definition) is 1. The lowest BCUT2D eigenvalue weighted by atomic mass is 10.2. The molecule has 1 aromatic rings. The first kappa shape index (κ1) is 15.0. The first-order chi connectivity index (χ1) is 8.88. The van der Waals surface area contributed by atoms with Gasteiger partial charge >= 0.3 is 0 Å². The molecule has 0 aliphatic rings. The predicted octanol–water partition coefficient (Wildman–Crippen LogP) is 1.84. The van der Waals surface area contributed by atoms with Crippen molar-refractivity contribution in [3.05, 3.63) is 29.8 Å². The molecule has 0 heterocycles. The minimum atomic E-state index is 0.562. The lowest BCUT2D eigenvalue weighted by Gasteiger charge is -2.11. The summed E-state index contributed by atoms with van der Waals surface area (Å²) in [7, 11) is 1.66. The SMILES string of the molecule is CCNCc1ccccc1OCCOCCOC. The van der Waals surface area contributed by atoms with Gasteiger partial charge in [-0.2, -0.15) is 0 Å². The van der Waals surface area contributed by atoms with Crippen molar-refractivity contribution < 1.29 is 14.2 Å². The Kier molecular flexibility index (Phi) is 8.21. The summed E-state index contributed by atoms with van der Waals surface area (Å²) < 4.78 is 16.0. The quantitative estimate of drug-likeness (QED) is 0.646. The lowest BCUT2D eigenvalue weighted by molar-refractivity contribution is 0.0542. The van der Waals surface area contributed by atoms with Gasteiger partial charge in [0.05, 0.1) is 19.8 Å². The van der Waals surface area contributed by atoms with Crippen molar-refractivity contribution in [1.82, 2.24) is 5.32 Å². The molecule has 0 radical (unpaired) electrons. The van der Waals surface area contributed by atoms with Crippen LogP contribution in [0.25, 0.3) is 0 Å². The second kappa shape index (κ2) is 9.88. The molecule has 1 rings (SSSR count). The molecular formula is C14H23NO3. The Balaban J connectivity index is 2.27. The molecule has 1 aromatic carbocycles. The summed E-state index contributed by atoms with van der Waals surface area (Å²) >= 11 is 0. The molecule has 0 atom stereocenters. The molecule has 4 heteroatoms. The highest BCUT2D eigenvalue weighted by Gasteiger charge is 2.01. The van der Waals surface area contributed by atoms with Crippen LogP contribution in [0.5, 0.6) is 5.75 Å². The Morgan fingerprint density at radius 1 is 1.06 bits per heavy atom. The van der Waals surface area contributed by atoms with E-state index in [0.717, 1.165) is 18.8 Å². The van der Waals surface area contributed by atoms with Crippen molar-refractivity contribution in [3.8, 4) is 5.75 Å². The van der Waals surface area contributed by atoms with Gasteiger partial charge in [-0.15, -0.1) is 0 Å². The summed E-state index contributed by atoms with van der Waals surface area (Å²) in [5.74, 6) is 0.925. The van der Waals surface area contributed by atoms with Crippen molar-refractivity contribution >= 4 is 0 Å². The van der Waals surface area contributed by atoms with Gasteiger partial charge in [-0.3, -0.25) is 0 Å². The third-order valence-corrected chi connectivity index (χ3v) is 2.46. The zero-order valence-electron chi connectivity index (χ0n) is 11.3. The average molecular weight is 253 g/mol. The van der Waals surface area contributed by atoms with Crippen LogP contribution < -0.4 is 10.1 Å². The number of nitrogens with one attached hydrogen (secondary N) is 1. The molecule has 0 spiro atoms. The highest BCUT2D eigenvalue weighted by atomic mass is 16.5. The van der Waals surface area contributed by atoms with Crippen molar-refractivity contribution in [2.45, 2.75) is 13.5 Å². The van der Waals surface area contributed by atoms with Crippen molar-refractivity contribution in [3.63, 3.8) is 0 Å². The van der Waals surface area contributed by atoms with Crippen molar-refractivity contribution in [2.75, 3.05) is 40.1 Å². The molecular weight excluding hydrogens is 230 g/mol. The molecule has 4 nitrogen and oxygen atoms in total. The monoisotopic (exact) mass is 253 g/mol. The van der Waals surface area contributed by atoms with Crippen LogP contribution in [0.2, 0.25) is 0 Å². The molecule has 0 amide bonds. The van der Waals surface area contributed by atoms with E-state index >= 15 is 0 Å². The molecule has 0 bridgehead atoms. The van der Waals surface area contributed by atoms with Crippen LogP contribution in [0.3, 0.4) is 0 Å². The maximum Gasteiger partial charge on any atom is 0.123 e. The highest BCUT2D eigenvalue weighted by Crippen LogP contribution is 2.17. The summed E-state index contributed by atoms with van der Waals surface area (Å²) in [5.41, 5.74) is 1.18. The highest BCUT2D eigenvalue weighted by molar-refractivity contribution is 5.33. The number of ether oxygens (including phenoxy) is 3. The zero-order chi connectivity index (χ0) is 13.1. The zero-order valence-corrected chi connectivity index (χ0v) is 11.3. The Labute approximate surface area is 109 Å². The molecule has 1 N–H and O–H groups in total. The molecule has 102 valence electrons. The fourth-order valence-corrected chi connectivity index (χ4v) is 1.51. The van der Waals surface area contributed by atoms with E-state index in [4.69, 9.17) is 14.2 Å². The first-order valence-corrected chi connectivity index (χ1v) is 6.36. The van der Waals surface area contributed by atoms with Crippen LogP contribution in [-0.2, 0) is 16.0 Å². The Morgan fingerprint density at radius 2 is 1.83 bits per heavy atom. The van der Waals surface area contributed by atoms with Crippen LogP contribution >= 0.6 is 0 Å². The molecule has 0 fully saturated rings. The van der Waals surface area contributed by atoms with E-state index < -0.39 is 0 Å². The molecule has 0 saturated heterocycles. The van der Waals surface area contributed by atoms with Gasteiger partial charge in [-0.25, -0.2) is 0 Å². The second-order valence-electron chi connectivity index (χ2n) is 3.84. The molecule has 0 aromatic heterocycles. The molecule has 18 heavy (non-hydrogen) atoms. The van der Waals surface area contributed by atoms with Gasteiger partial charge in [0, 0.05) is 19.2 Å². The van der Waals surface area contributed by atoms with Gasteiger partial charge in [0.15, 0.2) is 0 Å². The van der Waals surface area contributed by atoms with E-state index in [1.54, 1.807) is 7.11 Å².